The molecule has 1 aromatic rings. The van der Waals surface area contributed by atoms with E-state index in [4.69, 9.17) is 16.3 Å². The number of nitrogens with zero attached hydrogens (tertiary/aromatic N) is 1. The Morgan fingerprint density at radius 3 is 2.70 bits per heavy atom. The zero-order chi connectivity index (χ0) is 14.8. The van der Waals surface area contributed by atoms with Gasteiger partial charge >= 0.3 is 5.97 Å². The van der Waals surface area contributed by atoms with Crippen LogP contribution in [-0.4, -0.2) is 40.7 Å². The predicted molar refractivity (Wildman–Crippen MR) is 67.1 cm³/mol. The normalized spacial score (nSPS) is 17.5. The first-order chi connectivity index (χ1) is 9.44. The Kier molecular flexibility index (Phi) is 4.20. The summed E-state index contributed by atoms with van der Waals surface area (Å²) < 4.78 is 18.2. The minimum Gasteiger partial charge on any atom is -0.480 e. The standard InChI is InChI=1S/C12H12ClFN2O4/c13-9-8(5-7(14)6-15-9)10(17)16-12(11(18)19)1-3-20-4-2-12/h5-6H,1-4H2,(H,16,17)(H,18,19). The minimum atomic E-state index is -1.43. The molecule has 1 aliphatic heterocycles. The Bertz CT molecular complexity index is 546. The molecule has 0 spiro atoms. The average Bonchev–Trinajstić information content (AvgIpc) is 2.42. The summed E-state index contributed by atoms with van der Waals surface area (Å²) in [5.41, 5.74) is -1.62. The lowest BCUT2D eigenvalue weighted by molar-refractivity contribution is -0.148. The van der Waals surface area contributed by atoms with Gasteiger partial charge in [0.15, 0.2) is 0 Å². The zero-order valence-corrected chi connectivity index (χ0v) is 11.1. The summed E-state index contributed by atoms with van der Waals surface area (Å²) in [4.78, 5) is 27.0. The number of amides is 1. The van der Waals surface area contributed by atoms with Gasteiger partial charge < -0.3 is 15.2 Å². The van der Waals surface area contributed by atoms with Crippen LogP contribution in [0.15, 0.2) is 12.3 Å². The van der Waals surface area contributed by atoms with E-state index in [0.717, 1.165) is 12.3 Å². The minimum absolute atomic E-state index is 0.133. The molecule has 0 radical (unpaired) electrons. The van der Waals surface area contributed by atoms with Crippen LogP contribution in [0.25, 0.3) is 0 Å². The Hall–Kier alpha value is -1.73. The lowest BCUT2D eigenvalue weighted by atomic mass is 9.90. The van der Waals surface area contributed by atoms with E-state index in [9.17, 15) is 19.1 Å². The molecule has 6 nitrogen and oxygen atoms in total. The molecule has 1 amide bonds. The van der Waals surface area contributed by atoms with Crippen molar-refractivity contribution < 1.29 is 23.8 Å². The van der Waals surface area contributed by atoms with Gasteiger partial charge in [-0.2, -0.15) is 0 Å². The second-order valence-electron chi connectivity index (χ2n) is 4.45. The molecule has 0 atom stereocenters. The number of rotatable bonds is 3. The Morgan fingerprint density at radius 2 is 2.10 bits per heavy atom. The number of carbonyl (C=O) groups excluding carboxylic acids is 1. The maximum atomic E-state index is 13.1. The zero-order valence-electron chi connectivity index (χ0n) is 10.4. The third-order valence-corrected chi connectivity index (χ3v) is 3.46. The van der Waals surface area contributed by atoms with Crippen LogP contribution in [0.3, 0.4) is 0 Å². The number of aliphatic carboxylic acids is 1. The number of carboxylic acid groups (broad SMARTS) is 1. The van der Waals surface area contributed by atoms with E-state index in [1.807, 2.05) is 0 Å². The fourth-order valence-corrected chi connectivity index (χ4v) is 2.17. The molecule has 1 fully saturated rings. The summed E-state index contributed by atoms with van der Waals surface area (Å²) in [6.45, 7) is 0.448. The fraction of sp³-hybridized carbons (Fsp3) is 0.417. The number of carbonyl (C=O) groups is 2. The number of aromatic nitrogens is 1. The van der Waals surface area contributed by atoms with Gasteiger partial charge in [-0.1, -0.05) is 11.6 Å². The van der Waals surface area contributed by atoms with E-state index in [2.05, 4.69) is 10.3 Å². The molecule has 0 saturated carbocycles. The fourth-order valence-electron chi connectivity index (χ4n) is 1.98. The summed E-state index contributed by atoms with van der Waals surface area (Å²) >= 11 is 5.72. The number of halogens is 2. The highest BCUT2D eigenvalue weighted by molar-refractivity contribution is 6.32. The van der Waals surface area contributed by atoms with Crippen molar-refractivity contribution in [2.45, 2.75) is 18.4 Å². The average molecular weight is 303 g/mol. The molecule has 1 aromatic heterocycles. The Labute approximate surface area is 118 Å². The molecule has 2 N–H and O–H groups in total. The molecule has 0 aromatic carbocycles. The topological polar surface area (TPSA) is 88.5 Å². The summed E-state index contributed by atoms with van der Waals surface area (Å²) in [5.74, 6) is -2.66. The molecule has 108 valence electrons. The monoisotopic (exact) mass is 302 g/mol. The molecule has 20 heavy (non-hydrogen) atoms. The molecular formula is C12H12ClFN2O4. The van der Waals surface area contributed by atoms with Gasteiger partial charge in [0, 0.05) is 26.1 Å². The van der Waals surface area contributed by atoms with E-state index in [1.54, 1.807) is 0 Å². The van der Waals surface area contributed by atoms with Crippen LogP contribution in [0.5, 0.6) is 0 Å². The smallest absolute Gasteiger partial charge is 0.329 e. The van der Waals surface area contributed by atoms with Crippen molar-refractivity contribution in [1.82, 2.24) is 10.3 Å². The van der Waals surface area contributed by atoms with Crippen LogP contribution in [0, 0.1) is 5.82 Å². The molecule has 8 heteroatoms. The van der Waals surface area contributed by atoms with Gasteiger partial charge in [0.25, 0.3) is 5.91 Å². The Morgan fingerprint density at radius 1 is 1.45 bits per heavy atom. The van der Waals surface area contributed by atoms with Crippen molar-refractivity contribution in [2.24, 2.45) is 0 Å². The van der Waals surface area contributed by atoms with Crippen LogP contribution in [0.1, 0.15) is 23.2 Å². The highest BCUT2D eigenvalue weighted by Gasteiger charge is 2.42. The molecule has 1 aliphatic rings. The van der Waals surface area contributed by atoms with Crippen molar-refractivity contribution in [3.05, 3.63) is 28.8 Å². The van der Waals surface area contributed by atoms with Gasteiger partial charge in [-0.05, 0) is 6.07 Å². The molecule has 0 bridgehead atoms. The third kappa shape index (κ3) is 2.88. The largest absolute Gasteiger partial charge is 0.480 e. The van der Waals surface area contributed by atoms with Gasteiger partial charge in [0.1, 0.15) is 16.5 Å². The van der Waals surface area contributed by atoms with Gasteiger partial charge in [-0.3, -0.25) is 4.79 Å². The summed E-state index contributed by atoms with van der Waals surface area (Å²) in [7, 11) is 0. The van der Waals surface area contributed by atoms with E-state index in [-0.39, 0.29) is 36.8 Å². The number of ether oxygens (including phenoxy) is 1. The third-order valence-electron chi connectivity index (χ3n) is 3.16. The van der Waals surface area contributed by atoms with Crippen molar-refractivity contribution in [3.63, 3.8) is 0 Å². The highest BCUT2D eigenvalue weighted by atomic mass is 35.5. The maximum Gasteiger partial charge on any atom is 0.329 e. The lowest BCUT2D eigenvalue weighted by Gasteiger charge is -2.33. The van der Waals surface area contributed by atoms with Gasteiger partial charge in [0.2, 0.25) is 0 Å². The molecule has 0 aliphatic carbocycles. The van der Waals surface area contributed by atoms with Crippen LogP contribution in [-0.2, 0) is 9.53 Å². The van der Waals surface area contributed by atoms with E-state index in [1.165, 1.54) is 0 Å². The van der Waals surface area contributed by atoms with Crippen molar-refractivity contribution in [1.29, 1.82) is 0 Å². The molecule has 2 heterocycles. The summed E-state index contributed by atoms with van der Waals surface area (Å²) in [6, 6.07) is 0.916. The number of pyridine rings is 1. The van der Waals surface area contributed by atoms with Crippen LogP contribution in [0.4, 0.5) is 4.39 Å². The lowest BCUT2D eigenvalue weighted by Crippen LogP contribution is -2.57. The number of hydrogen-bond donors (Lipinski definition) is 2. The van der Waals surface area contributed by atoms with E-state index in [0.29, 0.717) is 0 Å². The van der Waals surface area contributed by atoms with Crippen LogP contribution in [0.2, 0.25) is 5.15 Å². The van der Waals surface area contributed by atoms with Crippen LogP contribution < -0.4 is 5.32 Å². The number of nitrogens with one attached hydrogen (secondary N) is 1. The summed E-state index contributed by atoms with van der Waals surface area (Å²) in [6.07, 6.45) is 1.14. The first-order valence-corrected chi connectivity index (χ1v) is 6.27. The number of carboxylic acids is 1. The van der Waals surface area contributed by atoms with Crippen molar-refractivity contribution in [3.8, 4) is 0 Å². The predicted octanol–water partition coefficient (Wildman–Crippen LogP) is 1.24. The van der Waals surface area contributed by atoms with Crippen LogP contribution >= 0.6 is 11.6 Å². The molecule has 0 unspecified atom stereocenters. The molecule has 2 rings (SSSR count). The summed E-state index contributed by atoms with van der Waals surface area (Å²) in [5, 5.41) is 11.5. The SMILES string of the molecule is O=C(NC1(C(=O)O)CCOCC1)c1cc(F)cnc1Cl. The maximum absolute atomic E-state index is 13.1. The first-order valence-electron chi connectivity index (χ1n) is 5.89. The van der Waals surface area contributed by atoms with Gasteiger partial charge in [-0.15, -0.1) is 0 Å². The van der Waals surface area contributed by atoms with E-state index >= 15 is 0 Å². The van der Waals surface area contributed by atoms with E-state index < -0.39 is 23.2 Å². The molecule has 1 saturated heterocycles. The quantitative estimate of drug-likeness (QED) is 0.820. The molecular weight excluding hydrogens is 291 g/mol. The van der Waals surface area contributed by atoms with Crippen molar-refractivity contribution >= 4 is 23.5 Å². The van der Waals surface area contributed by atoms with Gasteiger partial charge in [-0.25, -0.2) is 14.2 Å². The van der Waals surface area contributed by atoms with Crippen molar-refractivity contribution in [2.75, 3.05) is 13.2 Å². The number of hydrogen-bond acceptors (Lipinski definition) is 4. The first kappa shape index (κ1) is 14.7. The Balaban J connectivity index is 2.24. The second-order valence-corrected chi connectivity index (χ2v) is 4.80. The van der Waals surface area contributed by atoms with Gasteiger partial charge in [0.05, 0.1) is 11.8 Å². The highest BCUT2D eigenvalue weighted by Crippen LogP contribution is 2.23. The second kappa shape index (κ2) is 5.72.